The third-order valence-electron chi connectivity index (χ3n) is 9.61. The Kier molecular flexibility index (Phi) is 4.92. The lowest BCUT2D eigenvalue weighted by Crippen LogP contribution is -2.49. The smallest absolute Gasteiger partial charge is 0.171 e. The summed E-state index contributed by atoms with van der Waals surface area (Å²) < 4.78 is 39.7. The molecule has 0 N–H and O–H groups in total. The van der Waals surface area contributed by atoms with Crippen LogP contribution in [0, 0.1) is 52.8 Å². The second kappa shape index (κ2) is 6.69. The largest absolute Gasteiger partial charge is 0.391 e. The summed E-state index contributed by atoms with van der Waals surface area (Å²) in [6.07, 6.45) is 6.63. The van der Waals surface area contributed by atoms with E-state index in [-0.39, 0.29) is 0 Å². The molecule has 4 fully saturated rings. The summed E-state index contributed by atoms with van der Waals surface area (Å²) in [4.78, 5) is 0. The first-order valence-electron chi connectivity index (χ1n) is 11.3. The van der Waals surface area contributed by atoms with Gasteiger partial charge in [-0.15, -0.1) is 0 Å². The van der Waals surface area contributed by atoms with Crippen LogP contribution in [0.2, 0.25) is 0 Å². The van der Waals surface area contributed by atoms with Gasteiger partial charge in [0.1, 0.15) is 0 Å². The van der Waals surface area contributed by atoms with Gasteiger partial charge in [-0.05, 0) is 105 Å². The van der Waals surface area contributed by atoms with Crippen LogP contribution in [0.4, 0.5) is 13.2 Å². The lowest BCUT2D eigenvalue weighted by atomic mass is 9.49. The van der Waals surface area contributed by atoms with Crippen LogP contribution in [0.5, 0.6) is 0 Å². The molecule has 0 saturated heterocycles. The summed E-state index contributed by atoms with van der Waals surface area (Å²) in [5, 5.41) is 0. The number of rotatable bonds is 2. The van der Waals surface area contributed by atoms with Crippen LogP contribution >= 0.6 is 0 Å². The average molecular weight is 371 g/mol. The fourth-order valence-electron chi connectivity index (χ4n) is 8.54. The zero-order valence-electron chi connectivity index (χ0n) is 16.8. The first-order valence-corrected chi connectivity index (χ1v) is 11.3. The Hall–Kier alpha value is -0.210. The first kappa shape index (κ1) is 19.1. The van der Waals surface area contributed by atoms with Crippen LogP contribution in [0.15, 0.2) is 0 Å². The van der Waals surface area contributed by atoms with Gasteiger partial charge < -0.3 is 0 Å². The number of fused-ring (bicyclic) bond motifs is 5. The molecule has 26 heavy (non-hydrogen) atoms. The van der Waals surface area contributed by atoms with Crippen molar-refractivity contribution in [2.75, 3.05) is 0 Å². The predicted molar refractivity (Wildman–Crippen MR) is 99.6 cm³/mol. The van der Waals surface area contributed by atoms with Crippen molar-refractivity contribution in [3.63, 3.8) is 0 Å². The molecule has 0 amide bonds. The van der Waals surface area contributed by atoms with Crippen molar-refractivity contribution in [1.29, 1.82) is 0 Å². The monoisotopic (exact) mass is 370 g/mol. The molecular formula is C23H37F3. The Labute approximate surface area is 157 Å². The molecule has 4 aliphatic carbocycles. The summed E-state index contributed by atoms with van der Waals surface area (Å²) >= 11 is 0. The van der Waals surface area contributed by atoms with Crippen molar-refractivity contribution >= 4 is 0 Å². The van der Waals surface area contributed by atoms with Crippen LogP contribution in [0.3, 0.4) is 0 Å². The molecule has 0 aromatic carbocycles. The van der Waals surface area contributed by atoms with E-state index >= 15 is 0 Å². The Morgan fingerprint density at radius 1 is 0.923 bits per heavy atom. The normalized spacial score (nSPS) is 51.5. The number of hydrogen-bond acceptors (Lipinski definition) is 0. The highest BCUT2D eigenvalue weighted by Gasteiger charge is 2.59. The van der Waals surface area contributed by atoms with Crippen molar-refractivity contribution in [3.8, 4) is 0 Å². The minimum atomic E-state index is -3.97. The van der Waals surface area contributed by atoms with E-state index in [1.54, 1.807) is 0 Å². The van der Waals surface area contributed by atoms with Gasteiger partial charge in [0, 0.05) is 0 Å². The lowest BCUT2D eigenvalue weighted by Gasteiger charge is -2.56. The van der Waals surface area contributed by atoms with Crippen molar-refractivity contribution in [1.82, 2.24) is 0 Å². The van der Waals surface area contributed by atoms with Crippen LogP contribution in [-0.4, -0.2) is 6.18 Å². The van der Waals surface area contributed by atoms with E-state index in [9.17, 15) is 13.2 Å². The SMILES string of the molecule is CCCC1C(C)CC2C3CCC4CC(C(F)(F)F)CCC4C3CCC12C. The molecule has 0 aromatic rings. The molecule has 0 spiro atoms. The van der Waals surface area contributed by atoms with E-state index < -0.39 is 12.1 Å². The Morgan fingerprint density at radius 2 is 1.65 bits per heavy atom. The highest BCUT2D eigenvalue weighted by atomic mass is 19.4. The highest BCUT2D eigenvalue weighted by molar-refractivity contribution is 5.07. The summed E-state index contributed by atoms with van der Waals surface area (Å²) in [5.41, 5.74) is 0.507. The van der Waals surface area contributed by atoms with Gasteiger partial charge in [-0.3, -0.25) is 0 Å². The van der Waals surface area contributed by atoms with E-state index in [1.165, 1.54) is 38.5 Å². The standard InChI is InChI=1S/C23H37F3/c1-4-5-20-14(2)12-21-19-8-6-15-13-16(23(24,25)26)7-9-17(15)18(19)10-11-22(20,21)3/h14-21H,4-13H2,1-3H3. The molecule has 0 radical (unpaired) electrons. The van der Waals surface area contributed by atoms with E-state index in [0.29, 0.717) is 30.1 Å². The fourth-order valence-corrected chi connectivity index (χ4v) is 8.54. The van der Waals surface area contributed by atoms with Gasteiger partial charge in [0.2, 0.25) is 0 Å². The Bertz CT molecular complexity index is 512. The Balaban J connectivity index is 1.50. The molecule has 9 unspecified atom stereocenters. The molecule has 0 heterocycles. The second-order valence-electron chi connectivity index (χ2n) is 10.6. The van der Waals surface area contributed by atoms with Crippen molar-refractivity contribution in [2.45, 2.75) is 91.2 Å². The van der Waals surface area contributed by atoms with Gasteiger partial charge in [0.05, 0.1) is 5.92 Å². The zero-order chi connectivity index (χ0) is 18.7. The summed E-state index contributed by atoms with van der Waals surface area (Å²) in [5.74, 6) is 4.02. The fraction of sp³-hybridized carbons (Fsp3) is 1.00. The molecule has 9 atom stereocenters. The molecule has 150 valence electrons. The average Bonchev–Trinajstić information content (AvgIpc) is 2.85. The third kappa shape index (κ3) is 2.94. The zero-order valence-corrected chi connectivity index (χ0v) is 16.8. The van der Waals surface area contributed by atoms with Gasteiger partial charge >= 0.3 is 6.18 Å². The minimum Gasteiger partial charge on any atom is -0.171 e. The van der Waals surface area contributed by atoms with E-state index in [0.717, 1.165) is 42.4 Å². The van der Waals surface area contributed by atoms with Crippen LogP contribution in [0.25, 0.3) is 0 Å². The number of alkyl halides is 3. The van der Waals surface area contributed by atoms with Gasteiger partial charge in [0.15, 0.2) is 0 Å². The maximum absolute atomic E-state index is 13.2. The van der Waals surface area contributed by atoms with Crippen molar-refractivity contribution in [3.05, 3.63) is 0 Å². The van der Waals surface area contributed by atoms with E-state index in [4.69, 9.17) is 0 Å². The van der Waals surface area contributed by atoms with Crippen molar-refractivity contribution in [2.24, 2.45) is 52.8 Å². The molecule has 0 nitrogen and oxygen atoms in total. The maximum atomic E-state index is 13.2. The molecule has 0 aliphatic heterocycles. The number of halogens is 3. The lowest BCUT2D eigenvalue weighted by molar-refractivity contribution is -0.196. The third-order valence-corrected chi connectivity index (χ3v) is 9.61. The van der Waals surface area contributed by atoms with Gasteiger partial charge in [-0.25, -0.2) is 0 Å². The van der Waals surface area contributed by atoms with Crippen molar-refractivity contribution < 1.29 is 13.2 Å². The van der Waals surface area contributed by atoms with Crippen LogP contribution < -0.4 is 0 Å². The quantitative estimate of drug-likeness (QED) is 0.472. The predicted octanol–water partition coefficient (Wildman–Crippen LogP) is 7.48. The van der Waals surface area contributed by atoms with Gasteiger partial charge in [-0.2, -0.15) is 13.2 Å². The maximum Gasteiger partial charge on any atom is 0.391 e. The molecule has 4 aliphatic rings. The summed E-state index contributed by atoms with van der Waals surface area (Å²) in [7, 11) is 0. The second-order valence-corrected chi connectivity index (χ2v) is 10.6. The molecule has 0 bridgehead atoms. The minimum absolute atomic E-state index is 0.353. The van der Waals surface area contributed by atoms with Crippen LogP contribution in [-0.2, 0) is 0 Å². The molecule has 4 saturated carbocycles. The van der Waals surface area contributed by atoms with Crippen LogP contribution in [0.1, 0.15) is 85.0 Å². The molecule has 0 aromatic heterocycles. The molecule has 4 rings (SSSR count). The van der Waals surface area contributed by atoms with E-state index in [1.807, 2.05) is 0 Å². The molecular weight excluding hydrogens is 333 g/mol. The first-order chi connectivity index (χ1) is 12.3. The molecule has 3 heteroatoms. The number of hydrogen-bond donors (Lipinski definition) is 0. The van der Waals surface area contributed by atoms with E-state index in [2.05, 4.69) is 20.8 Å². The van der Waals surface area contributed by atoms with Gasteiger partial charge in [0.25, 0.3) is 0 Å². The highest BCUT2D eigenvalue weighted by Crippen LogP contribution is 2.66. The Morgan fingerprint density at radius 3 is 2.35 bits per heavy atom. The summed E-state index contributed by atoms with van der Waals surface area (Å²) in [6.45, 7) is 7.36. The van der Waals surface area contributed by atoms with Gasteiger partial charge in [-0.1, -0.05) is 27.2 Å². The topological polar surface area (TPSA) is 0 Å². The summed E-state index contributed by atoms with van der Waals surface area (Å²) in [6, 6.07) is 0.